The van der Waals surface area contributed by atoms with E-state index in [1.165, 1.54) is 0 Å². The largest absolute Gasteiger partial charge is 0.497 e. The number of rotatable bonds is 7. The number of benzene rings is 1. The highest BCUT2D eigenvalue weighted by Crippen LogP contribution is 2.53. The van der Waals surface area contributed by atoms with Crippen LogP contribution in [0.4, 0.5) is 14.5 Å². The van der Waals surface area contributed by atoms with Crippen molar-refractivity contribution in [3.8, 4) is 5.75 Å². The normalized spacial score (nSPS) is 19.9. The van der Waals surface area contributed by atoms with Crippen LogP contribution in [0.15, 0.2) is 24.4 Å². The Balaban J connectivity index is 1.59. The first-order valence-corrected chi connectivity index (χ1v) is 9.66. The van der Waals surface area contributed by atoms with E-state index in [1.54, 1.807) is 23.7 Å². The van der Waals surface area contributed by atoms with Crippen molar-refractivity contribution in [2.45, 2.75) is 31.7 Å². The first kappa shape index (κ1) is 20.0. The Kier molecular flexibility index (Phi) is 5.47. The van der Waals surface area contributed by atoms with Crippen LogP contribution < -0.4 is 21.3 Å². The third-order valence-electron chi connectivity index (χ3n) is 5.40. The SMILES string of the molecule is COc1ccc(/C(=C\N)N2CC3(CC(N(CC(C)(F)F)SN)C3)C2)c(N)c1. The van der Waals surface area contributed by atoms with Crippen molar-refractivity contribution in [1.29, 1.82) is 0 Å². The molecular formula is C18H27F2N5OS. The summed E-state index contributed by atoms with van der Waals surface area (Å²) in [5.74, 6) is -2.05. The standard InChI is InChI=1S/C18H27F2N5OS/c1-17(19,20)9-25(27-23)12-6-18(7-12)10-24(11-18)16(8-21)14-4-3-13(26-2)5-15(14)22/h3-5,8,12H,6-7,9-11,21-23H2,1-2H3/b16-8+. The molecule has 1 aromatic carbocycles. The zero-order valence-electron chi connectivity index (χ0n) is 15.6. The third kappa shape index (κ3) is 4.09. The lowest BCUT2D eigenvalue weighted by molar-refractivity contribution is -0.0820. The number of anilines is 1. The number of ether oxygens (including phenoxy) is 1. The van der Waals surface area contributed by atoms with Crippen LogP contribution in [0.1, 0.15) is 25.3 Å². The van der Waals surface area contributed by atoms with Gasteiger partial charge in [-0.05, 0) is 25.0 Å². The van der Waals surface area contributed by atoms with Crippen LogP contribution in [0.5, 0.6) is 5.75 Å². The molecule has 9 heteroatoms. The zero-order valence-corrected chi connectivity index (χ0v) is 16.4. The maximum Gasteiger partial charge on any atom is 0.258 e. The highest BCUT2D eigenvalue weighted by Gasteiger charge is 2.55. The van der Waals surface area contributed by atoms with Crippen molar-refractivity contribution in [2.24, 2.45) is 16.3 Å². The highest BCUT2D eigenvalue weighted by molar-refractivity contribution is 7.94. The molecule has 1 aromatic rings. The molecule has 2 aliphatic rings. The third-order valence-corrected chi connectivity index (χ3v) is 6.10. The van der Waals surface area contributed by atoms with E-state index in [0.29, 0.717) is 11.4 Å². The highest BCUT2D eigenvalue weighted by atomic mass is 32.2. The summed E-state index contributed by atoms with van der Waals surface area (Å²) in [5, 5.41) is 5.60. The molecule has 3 rings (SSSR count). The van der Waals surface area contributed by atoms with E-state index in [1.807, 2.05) is 12.1 Å². The fraction of sp³-hybridized carbons (Fsp3) is 0.556. The quantitative estimate of drug-likeness (QED) is 0.479. The van der Waals surface area contributed by atoms with Gasteiger partial charge in [-0.15, -0.1) is 0 Å². The second-order valence-electron chi connectivity index (χ2n) is 7.67. The second-order valence-corrected chi connectivity index (χ2v) is 8.35. The molecular weight excluding hydrogens is 372 g/mol. The van der Waals surface area contributed by atoms with E-state index in [4.69, 9.17) is 21.3 Å². The summed E-state index contributed by atoms with van der Waals surface area (Å²) in [7, 11) is 1.59. The maximum atomic E-state index is 13.3. The number of nitrogen functional groups attached to an aromatic ring is 1. The summed E-state index contributed by atoms with van der Waals surface area (Å²) < 4.78 is 33.4. The molecule has 1 heterocycles. The molecule has 0 radical (unpaired) electrons. The van der Waals surface area contributed by atoms with Crippen LogP contribution >= 0.6 is 12.1 Å². The topological polar surface area (TPSA) is 93.8 Å². The van der Waals surface area contributed by atoms with Gasteiger partial charge in [0.15, 0.2) is 0 Å². The Morgan fingerprint density at radius 3 is 2.59 bits per heavy atom. The Morgan fingerprint density at radius 2 is 2.11 bits per heavy atom. The minimum atomic E-state index is -2.75. The molecule has 6 N–H and O–H groups in total. The fourth-order valence-corrected chi connectivity index (χ4v) is 4.75. The van der Waals surface area contributed by atoms with Gasteiger partial charge < -0.3 is 21.1 Å². The van der Waals surface area contributed by atoms with Crippen molar-refractivity contribution >= 4 is 23.5 Å². The van der Waals surface area contributed by atoms with E-state index >= 15 is 0 Å². The van der Waals surface area contributed by atoms with Crippen molar-refractivity contribution in [3.63, 3.8) is 0 Å². The van der Waals surface area contributed by atoms with E-state index < -0.39 is 5.92 Å². The predicted molar refractivity (Wildman–Crippen MR) is 106 cm³/mol. The second kappa shape index (κ2) is 7.37. The number of alkyl halides is 2. The molecule has 1 saturated carbocycles. The Hall–Kier alpha value is -1.71. The van der Waals surface area contributed by atoms with E-state index in [0.717, 1.165) is 56.2 Å². The van der Waals surface area contributed by atoms with Gasteiger partial charge in [-0.3, -0.25) is 5.14 Å². The van der Waals surface area contributed by atoms with E-state index in [2.05, 4.69) is 4.90 Å². The minimum absolute atomic E-state index is 0.0873. The first-order chi connectivity index (χ1) is 12.7. The minimum Gasteiger partial charge on any atom is -0.497 e. The summed E-state index contributed by atoms with van der Waals surface area (Å²) in [4.78, 5) is 2.18. The van der Waals surface area contributed by atoms with Crippen molar-refractivity contribution in [1.82, 2.24) is 9.21 Å². The summed E-state index contributed by atoms with van der Waals surface area (Å²) in [6.45, 7) is 2.27. The number of halogens is 2. The number of methoxy groups -OCH3 is 1. The smallest absolute Gasteiger partial charge is 0.258 e. The van der Waals surface area contributed by atoms with Gasteiger partial charge in [0.2, 0.25) is 0 Å². The van der Waals surface area contributed by atoms with Crippen LogP contribution in [-0.2, 0) is 0 Å². The monoisotopic (exact) mass is 399 g/mol. The molecule has 6 nitrogen and oxygen atoms in total. The molecule has 0 aromatic heterocycles. The van der Waals surface area contributed by atoms with Gasteiger partial charge in [-0.1, -0.05) is 0 Å². The first-order valence-electron chi connectivity index (χ1n) is 8.82. The van der Waals surface area contributed by atoms with Gasteiger partial charge in [-0.2, -0.15) is 0 Å². The summed E-state index contributed by atoms with van der Waals surface area (Å²) in [6, 6.07) is 5.61. The van der Waals surface area contributed by atoms with Gasteiger partial charge in [-0.25, -0.2) is 13.1 Å². The average molecular weight is 400 g/mol. The van der Waals surface area contributed by atoms with E-state index in [9.17, 15) is 8.78 Å². The van der Waals surface area contributed by atoms with Gasteiger partial charge in [0.05, 0.1) is 19.4 Å². The molecule has 2 fully saturated rings. The zero-order chi connectivity index (χ0) is 19.8. The van der Waals surface area contributed by atoms with Crippen molar-refractivity contribution < 1.29 is 13.5 Å². The molecule has 0 atom stereocenters. The van der Waals surface area contributed by atoms with Gasteiger partial charge >= 0.3 is 0 Å². The lowest BCUT2D eigenvalue weighted by atomic mass is 9.60. The van der Waals surface area contributed by atoms with Crippen LogP contribution in [0.25, 0.3) is 5.70 Å². The Labute approximate surface area is 162 Å². The Bertz CT molecular complexity index is 710. The fourth-order valence-electron chi connectivity index (χ4n) is 4.13. The molecule has 150 valence electrons. The molecule has 0 amide bonds. The lowest BCUT2D eigenvalue weighted by Gasteiger charge is -2.61. The number of nitrogens with zero attached hydrogens (tertiary/aromatic N) is 2. The van der Waals surface area contributed by atoms with Crippen LogP contribution in [0.2, 0.25) is 0 Å². The number of nitrogens with two attached hydrogens (primary N) is 3. The molecule has 1 spiro atoms. The van der Waals surface area contributed by atoms with Gasteiger partial charge in [0, 0.05) is 67.1 Å². The number of hydrogen-bond donors (Lipinski definition) is 3. The number of likely N-dealkylation sites (tertiary alicyclic amines) is 1. The lowest BCUT2D eigenvalue weighted by Crippen LogP contribution is -2.65. The summed E-state index contributed by atoms with van der Waals surface area (Å²) in [5.41, 5.74) is 14.5. The molecule has 27 heavy (non-hydrogen) atoms. The molecule has 1 saturated heterocycles. The predicted octanol–water partition coefficient (Wildman–Crippen LogP) is 2.48. The molecule has 1 aliphatic heterocycles. The molecule has 1 aliphatic carbocycles. The average Bonchev–Trinajstić information content (AvgIpc) is 2.53. The summed E-state index contributed by atoms with van der Waals surface area (Å²) in [6.07, 6.45) is 3.29. The maximum absolute atomic E-state index is 13.3. The van der Waals surface area contributed by atoms with Crippen LogP contribution in [0.3, 0.4) is 0 Å². The van der Waals surface area contributed by atoms with E-state index in [-0.39, 0.29) is 18.0 Å². The van der Waals surface area contributed by atoms with Gasteiger partial charge in [0.25, 0.3) is 5.92 Å². The van der Waals surface area contributed by atoms with Crippen molar-refractivity contribution in [2.75, 3.05) is 32.5 Å². The molecule has 0 bridgehead atoms. The van der Waals surface area contributed by atoms with Gasteiger partial charge in [0.1, 0.15) is 5.75 Å². The number of hydrogen-bond acceptors (Lipinski definition) is 7. The van der Waals surface area contributed by atoms with Crippen LogP contribution in [0, 0.1) is 5.41 Å². The summed E-state index contributed by atoms with van der Waals surface area (Å²) >= 11 is 0.910. The molecule has 0 unspecified atom stereocenters. The Morgan fingerprint density at radius 1 is 1.44 bits per heavy atom. The van der Waals surface area contributed by atoms with Crippen molar-refractivity contribution in [3.05, 3.63) is 30.0 Å². The van der Waals surface area contributed by atoms with Crippen LogP contribution in [-0.4, -0.2) is 47.9 Å².